The van der Waals surface area contributed by atoms with Crippen molar-refractivity contribution in [1.82, 2.24) is 0 Å². The Labute approximate surface area is 503 Å². The molecule has 0 saturated heterocycles. The quantitative estimate of drug-likeness (QED) is 0.0261. The molecule has 81 heavy (non-hydrogen) atoms. The van der Waals surface area contributed by atoms with Gasteiger partial charge in [0.25, 0.3) is 0 Å². The van der Waals surface area contributed by atoms with Crippen molar-refractivity contribution < 1.29 is 28.6 Å². The highest BCUT2D eigenvalue weighted by atomic mass is 16.6. The maximum Gasteiger partial charge on any atom is 0.306 e. The molecule has 0 aromatic rings. The lowest BCUT2D eigenvalue weighted by Gasteiger charge is -2.18. The van der Waals surface area contributed by atoms with Crippen LogP contribution in [0.5, 0.6) is 0 Å². The lowest BCUT2D eigenvalue weighted by atomic mass is 10.0. The van der Waals surface area contributed by atoms with Crippen LogP contribution < -0.4 is 0 Å². The van der Waals surface area contributed by atoms with Gasteiger partial charge < -0.3 is 14.2 Å². The molecule has 6 heteroatoms. The SMILES string of the molecule is CC/C=C\C/C=C\C/C=C\C/C=C\CCCCCCCCCCCCCCCCCCC(=O)OCC(COC(=O)CCCCCCCCCCCCC)OC(=O)CCCCCCCCCCCCC/C=C\C/C=C\CCCCCCC. The molecule has 0 aliphatic carbocycles. The molecule has 0 aliphatic rings. The summed E-state index contributed by atoms with van der Waals surface area (Å²) in [5, 5.41) is 0. The summed E-state index contributed by atoms with van der Waals surface area (Å²) in [4.78, 5) is 38.4. The zero-order chi connectivity index (χ0) is 58.5. The molecule has 0 heterocycles. The van der Waals surface area contributed by atoms with Gasteiger partial charge in [-0.1, -0.05) is 331 Å². The Hall–Kier alpha value is -3.15. The summed E-state index contributed by atoms with van der Waals surface area (Å²) in [6.07, 6.45) is 90.8. The second-order valence-corrected chi connectivity index (χ2v) is 23.8. The van der Waals surface area contributed by atoms with Crippen LogP contribution in [0.4, 0.5) is 0 Å². The van der Waals surface area contributed by atoms with E-state index in [9.17, 15) is 14.4 Å². The van der Waals surface area contributed by atoms with E-state index in [2.05, 4.69) is 93.7 Å². The maximum atomic E-state index is 12.9. The molecule has 0 aromatic heterocycles. The number of esters is 3. The van der Waals surface area contributed by atoms with Crippen molar-refractivity contribution in [2.45, 2.75) is 374 Å². The van der Waals surface area contributed by atoms with Crippen LogP contribution in [0.2, 0.25) is 0 Å². The van der Waals surface area contributed by atoms with Crippen molar-refractivity contribution >= 4 is 17.9 Å². The molecule has 0 fully saturated rings. The minimum Gasteiger partial charge on any atom is -0.462 e. The van der Waals surface area contributed by atoms with E-state index in [1.165, 1.54) is 238 Å². The van der Waals surface area contributed by atoms with Crippen molar-refractivity contribution in [3.05, 3.63) is 72.9 Å². The molecule has 1 atom stereocenters. The van der Waals surface area contributed by atoms with Crippen LogP contribution in [0, 0.1) is 0 Å². The van der Waals surface area contributed by atoms with E-state index in [0.717, 1.165) is 89.9 Å². The molecule has 0 radical (unpaired) electrons. The van der Waals surface area contributed by atoms with Crippen molar-refractivity contribution in [2.24, 2.45) is 0 Å². The summed E-state index contributed by atoms with van der Waals surface area (Å²) in [6.45, 7) is 6.56. The lowest BCUT2D eigenvalue weighted by Crippen LogP contribution is -2.30. The summed E-state index contributed by atoms with van der Waals surface area (Å²) >= 11 is 0. The zero-order valence-corrected chi connectivity index (χ0v) is 54.1. The summed E-state index contributed by atoms with van der Waals surface area (Å²) in [7, 11) is 0. The van der Waals surface area contributed by atoms with E-state index in [1.54, 1.807) is 0 Å². The Balaban J connectivity index is 4.18. The van der Waals surface area contributed by atoms with Gasteiger partial charge in [-0.3, -0.25) is 14.4 Å². The summed E-state index contributed by atoms with van der Waals surface area (Å²) in [5.41, 5.74) is 0. The fourth-order valence-electron chi connectivity index (χ4n) is 10.4. The number of allylic oxidation sites excluding steroid dienone is 12. The van der Waals surface area contributed by atoms with Crippen molar-refractivity contribution in [2.75, 3.05) is 13.2 Å². The molecule has 0 amide bonds. The fourth-order valence-corrected chi connectivity index (χ4v) is 10.4. The molecular weight excluding hydrogens is 997 g/mol. The van der Waals surface area contributed by atoms with E-state index < -0.39 is 6.10 Å². The van der Waals surface area contributed by atoms with Crippen molar-refractivity contribution in [1.29, 1.82) is 0 Å². The standard InChI is InChI=1S/C75H134O6/c1-4-7-10-13-16-19-22-24-26-28-30-32-34-35-36-37-38-39-41-42-44-46-48-50-53-56-59-62-65-68-74(77)80-71-72(70-79-73(76)67-64-61-58-55-52-21-18-15-12-9-6-3)81-75(78)69-66-63-60-57-54-51-49-47-45-43-40-33-31-29-27-25-23-20-17-14-11-8-5-2/h7,10,16,19,23-26,29-32,72H,4-6,8-9,11-15,17-18,20-22,27-28,33-71H2,1-3H3/b10-7-,19-16-,25-23-,26-24-,31-29-,32-30-. The third-order valence-electron chi connectivity index (χ3n) is 15.7. The van der Waals surface area contributed by atoms with Crippen LogP contribution in [0.15, 0.2) is 72.9 Å². The summed E-state index contributed by atoms with van der Waals surface area (Å²) < 4.78 is 17.0. The van der Waals surface area contributed by atoms with Crippen LogP contribution in [0.25, 0.3) is 0 Å². The van der Waals surface area contributed by atoms with Crippen LogP contribution in [0.3, 0.4) is 0 Å². The maximum absolute atomic E-state index is 12.9. The Morgan fingerprint density at radius 1 is 0.259 bits per heavy atom. The normalized spacial score (nSPS) is 12.5. The van der Waals surface area contributed by atoms with Gasteiger partial charge in [0.15, 0.2) is 6.10 Å². The third kappa shape index (κ3) is 67.5. The molecule has 1 unspecified atom stereocenters. The average Bonchev–Trinajstić information content (AvgIpc) is 3.47. The van der Waals surface area contributed by atoms with Gasteiger partial charge in [-0.15, -0.1) is 0 Å². The van der Waals surface area contributed by atoms with Gasteiger partial charge in [0.1, 0.15) is 13.2 Å². The summed E-state index contributed by atoms with van der Waals surface area (Å²) in [6, 6.07) is 0. The van der Waals surface area contributed by atoms with Crippen molar-refractivity contribution in [3.8, 4) is 0 Å². The molecule has 0 aliphatic heterocycles. The van der Waals surface area contributed by atoms with E-state index in [0.29, 0.717) is 19.3 Å². The highest BCUT2D eigenvalue weighted by Crippen LogP contribution is 2.18. The highest BCUT2D eigenvalue weighted by molar-refractivity contribution is 5.71. The Morgan fingerprint density at radius 3 is 0.753 bits per heavy atom. The number of hydrogen-bond donors (Lipinski definition) is 0. The lowest BCUT2D eigenvalue weighted by molar-refractivity contribution is -0.167. The molecule has 0 aromatic carbocycles. The second-order valence-electron chi connectivity index (χ2n) is 23.8. The molecule has 0 N–H and O–H groups in total. The van der Waals surface area contributed by atoms with E-state index >= 15 is 0 Å². The number of carbonyl (C=O) groups is 3. The monoisotopic (exact) mass is 1130 g/mol. The van der Waals surface area contributed by atoms with Gasteiger partial charge >= 0.3 is 17.9 Å². The number of unbranched alkanes of at least 4 members (excludes halogenated alkanes) is 42. The molecule has 0 bridgehead atoms. The van der Waals surface area contributed by atoms with E-state index in [-0.39, 0.29) is 31.1 Å². The van der Waals surface area contributed by atoms with Gasteiger partial charge in [0, 0.05) is 19.3 Å². The predicted octanol–water partition coefficient (Wildman–Crippen LogP) is 24.4. The largest absolute Gasteiger partial charge is 0.462 e. The molecule has 6 nitrogen and oxygen atoms in total. The zero-order valence-electron chi connectivity index (χ0n) is 54.1. The first-order valence-corrected chi connectivity index (χ1v) is 35.4. The van der Waals surface area contributed by atoms with Gasteiger partial charge in [0.2, 0.25) is 0 Å². The third-order valence-corrected chi connectivity index (χ3v) is 15.7. The van der Waals surface area contributed by atoms with E-state index in [4.69, 9.17) is 14.2 Å². The van der Waals surface area contributed by atoms with Crippen LogP contribution >= 0.6 is 0 Å². The van der Waals surface area contributed by atoms with Crippen LogP contribution in [-0.2, 0) is 28.6 Å². The molecule has 470 valence electrons. The Morgan fingerprint density at radius 2 is 0.481 bits per heavy atom. The minimum atomic E-state index is -0.774. The number of rotatable bonds is 65. The van der Waals surface area contributed by atoms with Gasteiger partial charge in [-0.2, -0.15) is 0 Å². The van der Waals surface area contributed by atoms with Gasteiger partial charge in [0.05, 0.1) is 0 Å². The number of ether oxygens (including phenoxy) is 3. The molecule has 0 saturated carbocycles. The molecule has 0 spiro atoms. The summed E-state index contributed by atoms with van der Waals surface area (Å²) in [5.74, 6) is -0.851. The fraction of sp³-hybridized carbons (Fsp3) is 0.800. The second kappa shape index (κ2) is 69.3. The van der Waals surface area contributed by atoms with Gasteiger partial charge in [-0.25, -0.2) is 0 Å². The highest BCUT2D eigenvalue weighted by Gasteiger charge is 2.19. The molecule has 0 rings (SSSR count). The van der Waals surface area contributed by atoms with E-state index in [1.807, 2.05) is 0 Å². The first-order chi connectivity index (χ1) is 40.0. The van der Waals surface area contributed by atoms with Crippen LogP contribution in [0.1, 0.15) is 367 Å². The smallest absolute Gasteiger partial charge is 0.306 e. The first-order valence-electron chi connectivity index (χ1n) is 35.4. The van der Waals surface area contributed by atoms with Crippen LogP contribution in [-0.4, -0.2) is 37.2 Å². The Kier molecular flexibility index (Phi) is 66.6. The van der Waals surface area contributed by atoms with Gasteiger partial charge in [-0.05, 0) is 89.9 Å². The Bertz CT molecular complexity index is 1490. The number of hydrogen-bond acceptors (Lipinski definition) is 6. The predicted molar refractivity (Wildman–Crippen MR) is 353 cm³/mol. The number of carbonyl (C=O) groups excluding carboxylic acids is 3. The minimum absolute atomic E-state index is 0.0707. The first kappa shape index (κ1) is 77.9. The molecular formula is C75H134O6. The van der Waals surface area contributed by atoms with Crippen molar-refractivity contribution in [3.63, 3.8) is 0 Å². The average molecular weight is 1130 g/mol. The topological polar surface area (TPSA) is 78.9 Å².